The van der Waals surface area contributed by atoms with E-state index in [4.69, 9.17) is 16.6 Å². The summed E-state index contributed by atoms with van der Waals surface area (Å²) in [5.74, 6) is 1.00. The number of hydrogen-bond acceptors (Lipinski definition) is 4. The lowest BCUT2D eigenvalue weighted by atomic mass is 10.1. The highest BCUT2D eigenvalue weighted by Crippen LogP contribution is 2.28. The Labute approximate surface area is 166 Å². The Balaban J connectivity index is 1.61. The lowest BCUT2D eigenvalue weighted by Gasteiger charge is -2.33. The van der Waals surface area contributed by atoms with Crippen molar-refractivity contribution in [1.29, 1.82) is 0 Å². The van der Waals surface area contributed by atoms with Crippen LogP contribution in [0.4, 0.5) is 5.82 Å². The Kier molecular flexibility index (Phi) is 6.16. The standard InChI is InChI=1S/C22H30ClN3O/c23-18-10-9-16-12-17(14-24-19-6-3-1-2-4-7-19)22(25-21(16)13-18)26-11-5-8-20(27)15-26/h9-10,12-13,19-20,24,27H,1-8,11,14-15H2/t20-/m1/s1. The SMILES string of the molecule is O[C@@H]1CCCN(c2nc3cc(Cl)ccc3cc2CNC2CCCCCC2)C1. The summed E-state index contributed by atoms with van der Waals surface area (Å²) in [5.41, 5.74) is 2.15. The summed E-state index contributed by atoms with van der Waals surface area (Å²) < 4.78 is 0. The maximum atomic E-state index is 10.1. The van der Waals surface area contributed by atoms with Gasteiger partial charge in [0.1, 0.15) is 5.82 Å². The molecule has 2 fully saturated rings. The minimum absolute atomic E-state index is 0.265. The zero-order chi connectivity index (χ0) is 18.6. The topological polar surface area (TPSA) is 48.4 Å². The van der Waals surface area contributed by atoms with Crippen molar-refractivity contribution in [2.24, 2.45) is 0 Å². The van der Waals surface area contributed by atoms with E-state index in [1.165, 1.54) is 44.1 Å². The Bertz CT molecular complexity index is 773. The van der Waals surface area contributed by atoms with E-state index in [0.29, 0.717) is 17.6 Å². The molecule has 2 heterocycles. The van der Waals surface area contributed by atoms with Gasteiger partial charge in [-0.25, -0.2) is 4.98 Å². The number of anilines is 1. The van der Waals surface area contributed by atoms with E-state index >= 15 is 0 Å². The van der Waals surface area contributed by atoms with Gasteiger partial charge in [0.25, 0.3) is 0 Å². The molecule has 1 aromatic heterocycles. The van der Waals surface area contributed by atoms with Crippen LogP contribution in [0.3, 0.4) is 0 Å². The molecule has 0 spiro atoms. The average molecular weight is 388 g/mol. The summed E-state index contributed by atoms with van der Waals surface area (Å²) in [6.45, 7) is 2.44. The normalized spacial score (nSPS) is 22.1. The van der Waals surface area contributed by atoms with Gasteiger partial charge in [0.2, 0.25) is 0 Å². The highest BCUT2D eigenvalue weighted by atomic mass is 35.5. The molecule has 1 atom stereocenters. The molecule has 27 heavy (non-hydrogen) atoms. The predicted octanol–water partition coefficient (Wildman–Crippen LogP) is 4.66. The Morgan fingerprint density at radius 2 is 1.89 bits per heavy atom. The van der Waals surface area contributed by atoms with E-state index in [1.807, 2.05) is 12.1 Å². The van der Waals surface area contributed by atoms with Crippen molar-refractivity contribution in [3.63, 3.8) is 0 Å². The van der Waals surface area contributed by atoms with Crippen LogP contribution in [-0.2, 0) is 6.54 Å². The molecule has 1 saturated heterocycles. The van der Waals surface area contributed by atoms with Crippen LogP contribution >= 0.6 is 11.6 Å². The Hall–Kier alpha value is -1.36. The zero-order valence-electron chi connectivity index (χ0n) is 16.0. The van der Waals surface area contributed by atoms with E-state index < -0.39 is 0 Å². The van der Waals surface area contributed by atoms with Crippen molar-refractivity contribution >= 4 is 28.3 Å². The summed E-state index contributed by atoms with van der Waals surface area (Å²) in [7, 11) is 0. The summed E-state index contributed by atoms with van der Waals surface area (Å²) >= 11 is 6.19. The maximum absolute atomic E-state index is 10.1. The van der Waals surface area contributed by atoms with E-state index in [-0.39, 0.29) is 6.10 Å². The number of aromatic nitrogens is 1. The molecule has 0 unspecified atom stereocenters. The van der Waals surface area contributed by atoms with Crippen molar-refractivity contribution in [2.75, 3.05) is 18.0 Å². The second-order valence-corrected chi connectivity index (χ2v) is 8.56. The third-order valence-electron chi connectivity index (χ3n) is 5.97. The van der Waals surface area contributed by atoms with Crippen molar-refractivity contribution in [1.82, 2.24) is 10.3 Å². The summed E-state index contributed by atoms with van der Waals surface area (Å²) in [6, 6.07) is 8.77. The van der Waals surface area contributed by atoms with Gasteiger partial charge in [0, 0.05) is 41.6 Å². The number of halogens is 1. The van der Waals surface area contributed by atoms with Crippen LogP contribution in [0.2, 0.25) is 5.02 Å². The van der Waals surface area contributed by atoms with Gasteiger partial charge in [-0.05, 0) is 43.9 Å². The quantitative estimate of drug-likeness (QED) is 0.749. The molecule has 0 amide bonds. The fraction of sp³-hybridized carbons (Fsp3) is 0.591. The summed E-state index contributed by atoms with van der Waals surface area (Å²) in [4.78, 5) is 7.22. The smallest absolute Gasteiger partial charge is 0.133 e. The molecule has 1 aromatic carbocycles. The first-order valence-electron chi connectivity index (χ1n) is 10.4. The minimum Gasteiger partial charge on any atom is -0.391 e. The fourth-order valence-corrected chi connectivity index (χ4v) is 4.63. The van der Waals surface area contributed by atoms with Gasteiger partial charge >= 0.3 is 0 Å². The van der Waals surface area contributed by atoms with E-state index in [9.17, 15) is 5.11 Å². The molecule has 4 nitrogen and oxygen atoms in total. The number of pyridine rings is 1. The average Bonchev–Trinajstić information content (AvgIpc) is 2.94. The Morgan fingerprint density at radius 1 is 1.07 bits per heavy atom. The number of nitrogens with one attached hydrogen (secondary N) is 1. The van der Waals surface area contributed by atoms with E-state index in [0.717, 1.165) is 42.7 Å². The number of nitrogens with zero attached hydrogens (tertiary/aromatic N) is 2. The third kappa shape index (κ3) is 4.74. The number of fused-ring (bicyclic) bond motifs is 1. The van der Waals surface area contributed by atoms with Crippen LogP contribution < -0.4 is 10.2 Å². The van der Waals surface area contributed by atoms with Gasteiger partial charge in [-0.3, -0.25) is 0 Å². The summed E-state index contributed by atoms with van der Waals surface area (Å²) in [5, 5.41) is 15.8. The lowest BCUT2D eigenvalue weighted by molar-refractivity contribution is 0.154. The molecule has 5 heteroatoms. The predicted molar refractivity (Wildman–Crippen MR) is 113 cm³/mol. The van der Waals surface area contributed by atoms with Crippen molar-refractivity contribution in [2.45, 2.75) is 70.1 Å². The van der Waals surface area contributed by atoms with Gasteiger partial charge in [0.15, 0.2) is 0 Å². The van der Waals surface area contributed by atoms with Crippen LogP contribution in [-0.4, -0.2) is 35.3 Å². The molecule has 2 aromatic rings. The first-order chi connectivity index (χ1) is 13.2. The second kappa shape index (κ2) is 8.76. The molecule has 2 aliphatic rings. The molecular weight excluding hydrogens is 358 g/mol. The molecule has 4 rings (SSSR count). The van der Waals surface area contributed by atoms with Crippen molar-refractivity contribution in [3.8, 4) is 0 Å². The number of β-amino-alcohol motifs (C(OH)–C–C–N with tert-alkyl or cyclic N) is 1. The number of piperidine rings is 1. The number of aliphatic hydroxyl groups is 1. The zero-order valence-corrected chi connectivity index (χ0v) is 16.7. The van der Waals surface area contributed by atoms with Crippen LogP contribution in [0.15, 0.2) is 24.3 Å². The molecule has 1 aliphatic heterocycles. The van der Waals surface area contributed by atoms with Crippen LogP contribution in [0.25, 0.3) is 10.9 Å². The fourth-order valence-electron chi connectivity index (χ4n) is 4.46. The number of aliphatic hydroxyl groups excluding tert-OH is 1. The number of benzene rings is 1. The van der Waals surface area contributed by atoms with Crippen LogP contribution in [0.1, 0.15) is 56.9 Å². The highest BCUT2D eigenvalue weighted by molar-refractivity contribution is 6.31. The van der Waals surface area contributed by atoms with Gasteiger partial charge in [-0.1, -0.05) is 43.4 Å². The molecule has 1 aliphatic carbocycles. The Morgan fingerprint density at radius 3 is 2.67 bits per heavy atom. The first-order valence-corrected chi connectivity index (χ1v) is 10.8. The third-order valence-corrected chi connectivity index (χ3v) is 6.20. The largest absolute Gasteiger partial charge is 0.391 e. The molecule has 0 bridgehead atoms. The lowest BCUT2D eigenvalue weighted by Crippen LogP contribution is -2.39. The van der Waals surface area contributed by atoms with Gasteiger partial charge in [-0.15, -0.1) is 0 Å². The van der Waals surface area contributed by atoms with Gasteiger partial charge in [-0.2, -0.15) is 0 Å². The number of rotatable bonds is 4. The molecule has 1 saturated carbocycles. The second-order valence-electron chi connectivity index (χ2n) is 8.12. The van der Waals surface area contributed by atoms with Gasteiger partial charge in [0.05, 0.1) is 11.6 Å². The van der Waals surface area contributed by atoms with Crippen LogP contribution in [0, 0.1) is 0 Å². The maximum Gasteiger partial charge on any atom is 0.133 e. The molecule has 0 radical (unpaired) electrons. The monoisotopic (exact) mass is 387 g/mol. The van der Waals surface area contributed by atoms with Crippen LogP contribution in [0.5, 0.6) is 0 Å². The highest BCUT2D eigenvalue weighted by Gasteiger charge is 2.22. The van der Waals surface area contributed by atoms with Gasteiger partial charge < -0.3 is 15.3 Å². The number of hydrogen-bond donors (Lipinski definition) is 2. The molecule has 2 N–H and O–H groups in total. The van der Waals surface area contributed by atoms with E-state index in [1.54, 1.807) is 0 Å². The molecule has 146 valence electrons. The van der Waals surface area contributed by atoms with E-state index in [2.05, 4.69) is 22.3 Å². The van der Waals surface area contributed by atoms with Crippen molar-refractivity contribution in [3.05, 3.63) is 34.9 Å². The van der Waals surface area contributed by atoms with Crippen molar-refractivity contribution < 1.29 is 5.11 Å². The minimum atomic E-state index is -0.265. The first kappa shape index (κ1) is 19.0. The molecular formula is C22H30ClN3O. The summed E-state index contributed by atoms with van der Waals surface area (Å²) in [6.07, 6.45) is 9.56.